The average molecular weight is 659 g/mol. The fraction of sp³-hybridized carbons (Fsp3) is 0.0400. The zero-order valence-corrected chi connectivity index (χ0v) is 23.0. The van der Waals surface area contributed by atoms with Crippen molar-refractivity contribution in [2.45, 2.75) is 6.54 Å². The molecule has 32 heavy (non-hydrogen) atoms. The van der Waals surface area contributed by atoms with Crippen LogP contribution < -0.4 is 4.74 Å². The minimum Gasteiger partial charge on any atom is -0.682 e. The molecule has 0 spiro atoms. The summed E-state index contributed by atoms with van der Waals surface area (Å²) < 4.78 is 33.3. The maximum absolute atomic E-state index is 13.8. The molecule has 0 aromatic heterocycles. The van der Waals surface area contributed by atoms with Crippen molar-refractivity contribution >= 4 is 17.3 Å². The summed E-state index contributed by atoms with van der Waals surface area (Å²) in [5.41, 5.74) is 3.09. The van der Waals surface area contributed by atoms with E-state index in [0.717, 1.165) is 5.56 Å². The molecule has 0 amide bonds. The van der Waals surface area contributed by atoms with Crippen LogP contribution in [0.2, 0.25) is 5.02 Å². The van der Waals surface area contributed by atoms with E-state index in [2.05, 4.69) is 11.4 Å². The van der Waals surface area contributed by atoms with E-state index in [1.165, 1.54) is 30.3 Å². The zero-order chi connectivity index (χ0) is 20.9. The molecular weight excluding hydrogens is 643 g/mol. The van der Waals surface area contributed by atoms with Crippen molar-refractivity contribution in [3.05, 3.63) is 119 Å². The Hall–Kier alpha value is -0.928. The third-order valence-corrected chi connectivity index (χ3v) is 4.74. The molecule has 0 atom stereocenters. The number of nitrogens with zero attached hydrogens (tertiary/aromatic N) is 1. The molecule has 1 radical (unpaired) electrons. The second kappa shape index (κ2) is 13.1. The van der Waals surface area contributed by atoms with Gasteiger partial charge in [0.2, 0.25) is 0 Å². The molecule has 0 N–H and O–H groups in total. The fourth-order valence-corrected chi connectivity index (χ4v) is 3.14. The second-order valence-electron chi connectivity index (χ2n) is 6.59. The Labute approximate surface area is 248 Å². The van der Waals surface area contributed by atoms with Crippen LogP contribution in [0.25, 0.3) is 16.4 Å². The first-order valence-electron chi connectivity index (χ1n) is 9.24. The third-order valence-electron chi connectivity index (χ3n) is 4.45. The summed E-state index contributed by atoms with van der Waals surface area (Å²) in [7, 11) is 0. The van der Waals surface area contributed by atoms with Gasteiger partial charge in [-0.2, -0.15) is 35.9 Å². The maximum Gasteiger partial charge on any atom is 0.142 e. The standard InChI is InChI=1S/C25H16ClF2NO.Sm.Y/c26-23-15-21(10-12-24(23)28)30-25-14-20(29-16-17-5-2-1-3-6-17)9-11-22(25)18-7-4-8-19(27)13-18;;/h2-15H,16H2;;/q-2;;. The van der Waals surface area contributed by atoms with Gasteiger partial charge in [0.05, 0.1) is 5.02 Å². The van der Waals surface area contributed by atoms with E-state index < -0.39 is 5.82 Å². The zero-order valence-electron chi connectivity index (χ0n) is 16.8. The van der Waals surface area contributed by atoms with Crippen molar-refractivity contribution in [3.63, 3.8) is 0 Å². The van der Waals surface area contributed by atoms with Crippen LogP contribution in [0.15, 0.2) is 84.9 Å². The molecule has 0 saturated carbocycles. The Morgan fingerprint density at radius 1 is 0.906 bits per heavy atom. The van der Waals surface area contributed by atoms with Gasteiger partial charge >= 0.3 is 0 Å². The van der Waals surface area contributed by atoms with Crippen LogP contribution in [0.3, 0.4) is 0 Å². The van der Waals surface area contributed by atoms with Gasteiger partial charge in [0, 0.05) is 84.7 Å². The molecule has 0 bridgehead atoms. The number of halogens is 3. The molecule has 4 rings (SSSR count). The van der Waals surface area contributed by atoms with Crippen molar-refractivity contribution in [2.75, 3.05) is 0 Å². The van der Waals surface area contributed by atoms with Crippen LogP contribution in [0, 0.1) is 58.1 Å². The molecule has 0 aliphatic carbocycles. The first kappa shape index (κ1) is 27.3. The van der Waals surface area contributed by atoms with Crippen molar-refractivity contribution in [1.29, 1.82) is 0 Å². The summed E-state index contributed by atoms with van der Waals surface area (Å²) in [6.45, 7) is 0.496. The summed E-state index contributed by atoms with van der Waals surface area (Å²) in [5, 5.41) is 4.57. The molecule has 0 fully saturated rings. The first-order valence-corrected chi connectivity index (χ1v) is 9.62. The minimum atomic E-state index is -0.529. The topological polar surface area (TPSA) is 23.3 Å². The number of hydrogen-bond donors (Lipinski definition) is 0. The van der Waals surface area contributed by atoms with Crippen molar-refractivity contribution in [2.24, 2.45) is 0 Å². The quantitative estimate of drug-likeness (QED) is 0.192. The van der Waals surface area contributed by atoms with Crippen LogP contribution in [0.1, 0.15) is 5.56 Å². The molecule has 2 nitrogen and oxygen atoms in total. The van der Waals surface area contributed by atoms with E-state index in [9.17, 15) is 8.78 Å². The van der Waals surface area contributed by atoms with Gasteiger partial charge in [-0.1, -0.05) is 35.9 Å². The molecule has 0 saturated heterocycles. The van der Waals surface area contributed by atoms with Gasteiger partial charge < -0.3 is 10.1 Å². The largest absolute Gasteiger partial charge is 0.682 e. The first-order chi connectivity index (χ1) is 14.6. The number of ether oxygens (including phenoxy) is 1. The van der Waals surface area contributed by atoms with Crippen molar-refractivity contribution in [3.8, 4) is 22.6 Å². The fourth-order valence-electron chi connectivity index (χ4n) is 2.97. The average Bonchev–Trinajstić information content (AvgIpc) is 2.76. The number of benzene rings is 4. The summed E-state index contributed by atoms with van der Waals surface area (Å²) in [5.74, 6) is -0.0446. The molecule has 7 heteroatoms. The SMILES string of the molecule is Fc1cccc(-c2ccc([N-]Cc3cc[c-]cc3)cc2Oc2ccc(F)c(Cl)c2)c1.[Sm].[Y]. The predicted molar refractivity (Wildman–Crippen MR) is 115 cm³/mol. The summed E-state index contributed by atoms with van der Waals surface area (Å²) >= 11 is 5.88. The maximum atomic E-state index is 13.8. The Balaban J connectivity index is 0.00000181. The summed E-state index contributed by atoms with van der Waals surface area (Å²) in [4.78, 5) is 0. The van der Waals surface area contributed by atoms with Gasteiger partial charge in [-0.15, -0.1) is 12.2 Å². The van der Waals surface area contributed by atoms with E-state index in [-0.39, 0.29) is 83.9 Å². The van der Waals surface area contributed by atoms with Crippen LogP contribution in [-0.2, 0) is 39.3 Å². The molecule has 0 aliphatic rings. The molecule has 0 heterocycles. The summed E-state index contributed by atoms with van der Waals surface area (Å²) in [6, 6.07) is 26.3. The van der Waals surface area contributed by atoms with E-state index in [4.69, 9.17) is 16.3 Å². The number of hydrogen-bond acceptors (Lipinski definition) is 1. The second-order valence-corrected chi connectivity index (χ2v) is 7.00. The van der Waals surface area contributed by atoms with E-state index >= 15 is 0 Å². The Bertz CT molecular complexity index is 1180. The molecule has 0 aliphatic heterocycles. The van der Waals surface area contributed by atoms with Gasteiger partial charge in [0.1, 0.15) is 23.1 Å². The van der Waals surface area contributed by atoms with Crippen molar-refractivity contribution < 1.29 is 86.6 Å². The van der Waals surface area contributed by atoms with E-state index in [1.807, 2.05) is 36.4 Å². The normalized spacial score (nSPS) is 9.97. The van der Waals surface area contributed by atoms with Gasteiger partial charge in [0.15, 0.2) is 0 Å². The van der Waals surface area contributed by atoms with Crippen LogP contribution >= 0.6 is 11.6 Å². The van der Waals surface area contributed by atoms with E-state index in [0.29, 0.717) is 34.9 Å². The Morgan fingerprint density at radius 3 is 2.41 bits per heavy atom. The Morgan fingerprint density at radius 2 is 1.69 bits per heavy atom. The van der Waals surface area contributed by atoms with E-state index in [1.54, 1.807) is 18.2 Å². The number of rotatable bonds is 6. The van der Waals surface area contributed by atoms with Crippen LogP contribution in [-0.4, -0.2) is 0 Å². The monoisotopic (exact) mass is 660 g/mol. The van der Waals surface area contributed by atoms with Crippen LogP contribution in [0.5, 0.6) is 11.5 Å². The molecule has 159 valence electrons. The van der Waals surface area contributed by atoms with Crippen molar-refractivity contribution in [1.82, 2.24) is 0 Å². The van der Waals surface area contributed by atoms with Crippen LogP contribution in [0.4, 0.5) is 14.5 Å². The van der Waals surface area contributed by atoms with Gasteiger partial charge in [0.25, 0.3) is 0 Å². The third kappa shape index (κ3) is 7.29. The summed E-state index contributed by atoms with van der Waals surface area (Å²) in [6.07, 6.45) is 0. The van der Waals surface area contributed by atoms with Gasteiger partial charge in [-0.05, 0) is 35.9 Å². The molecule has 0 unspecified atom stereocenters. The molecular formula is C25H16ClF2NOSmY-2. The molecule has 4 aromatic carbocycles. The van der Waals surface area contributed by atoms with Gasteiger partial charge in [-0.3, -0.25) is 0 Å². The molecule has 4 aromatic rings. The predicted octanol–water partition coefficient (Wildman–Crippen LogP) is 8.08. The minimum absolute atomic E-state index is 0. The Kier molecular flexibility index (Phi) is 11.2. The smallest absolute Gasteiger partial charge is 0.142 e. The van der Waals surface area contributed by atoms with Gasteiger partial charge in [-0.25, -0.2) is 8.78 Å².